The largest absolute Gasteiger partial charge is 0.382 e. The van der Waals surface area contributed by atoms with Crippen LogP contribution in [0.15, 0.2) is 47.8 Å². The Morgan fingerprint density at radius 2 is 1.93 bits per heavy atom. The number of aliphatic hydroxyl groups is 1. The van der Waals surface area contributed by atoms with E-state index in [9.17, 15) is 14.7 Å². The molecule has 0 aliphatic carbocycles. The summed E-state index contributed by atoms with van der Waals surface area (Å²) >= 11 is 8.89. The van der Waals surface area contributed by atoms with Gasteiger partial charge in [-0.15, -0.1) is 22.7 Å². The molecule has 1 aromatic carbocycles. The molecule has 2 amide bonds. The monoisotopic (exact) mass is 420 g/mol. The molecule has 0 saturated carbocycles. The van der Waals surface area contributed by atoms with Crippen molar-refractivity contribution in [3.63, 3.8) is 0 Å². The Kier molecular flexibility index (Phi) is 6.28. The Morgan fingerprint density at radius 3 is 2.67 bits per heavy atom. The van der Waals surface area contributed by atoms with E-state index in [4.69, 9.17) is 11.6 Å². The van der Waals surface area contributed by atoms with Crippen molar-refractivity contribution in [3.05, 3.63) is 73.1 Å². The summed E-state index contributed by atoms with van der Waals surface area (Å²) in [6.07, 6.45) is -0.673. The number of halogens is 1. The zero-order valence-electron chi connectivity index (χ0n) is 14.4. The molecule has 0 aliphatic heterocycles. The zero-order chi connectivity index (χ0) is 19.4. The van der Waals surface area contributed by atoms with Crippen LogP contribution < -0.4 is 10.6 Å². The summed E-state index contributed by atoms with van der Waals surface area (Å²) in [6.45, 7) is 1.98. The average Bonchev–Trinajstić information content (AvgIpc) is 3.34. The predicted molar refractivity (Wildman–Crippen MR) is 109 cm³/mol. The molecule has 3 aromatic rings. The van der Waals surface area contributed by atoms with Crippen LogP contribution >= 0.6 is 34.3 Å². The number of hydrogen-bond donors (Lipinski definition) is 3. The second-order valence-electron chi connectivity index (χ2n) is 5.77. The Bertz CT molecular complexity index is 954. The summed E-state index contributed by atoms with van der Waals surface area (Å²) in [5.41, 5.74) is 1.20. The summed E-state index contributed by atoms with van der Waals surface area (Å²) in [7, 11) is 0. The maximum absolute atomic E-state index is 12.1. The topological polar surface area (TPSA) is 78.4 Å². The molecular weight excluding hydrogens is 404 g/mol. The van der Waals surface area contributed by atoms with Gasteiger partial charge in [0.1, 0.15) is 6.10 Å². The minimum Gasteiger partial charge on any atom is -0.382 e. The van der Waals surface area contributed by atoms with Gasteiger partial charge in [0.15, 0.2) is 0 Å². The summed E-state index contributed by atoms with van der Waals surface area (Å²) < 4.78 is 0. The Balaban J connectivity index is 1.56. The maximum Gasteiger partial charge on any atom is 0.313 e. The van der Waals surface area contributed by atoms with Crippen molar-refractivity contribution in [2.45, 2.75) is 19.6 Å². The van der Waals surface area contributed by atoms with E-state index in [0.29, 0.717) is 16.3 Å². The number of anilines is 1. The summed E-state index contributed by atoms with van der Waals surface area (Å²) in [5.74, 6) is -1.49. The highest BCUT2D eigenvalue weighted by Gasteiger charge is 2.17. The zero-order valence-corrected chi connectivity index (χ0v) is 16.8. The third kappa shape index (κ3) is 4.75. The Hall–Kier alpha value is -2.19. The van der Waals surface area contributed by atoms with E-state index in [2.05, 4.69) is 10.6 Å². The van der Waals surface area contributed by atoms with Crippen LogP contribution in [0, 0.1) is 6.92 Å². The van der Waals surface area contributed by atoms with Gasteiger partial charge in [0.05, 0.1) is 6.54 Å². The minimum atomic E-state index is -0.754. The number of thiophene rings is 2. The van der Waals surface area contributed by atoms with Gasteiger partial charge in [0.2, 0.25) is 0 Å². The van der Waals surface area contributed by atoms with Crippen LogP contribution in [0.4, 0.5) is 5.69 Å². The normalized spacial score (nSPS) is 11.8. The van der Waals surface area contributed by atoms with Crippen LogP contribution in [0.1, 0.15) is 26.3 Å². The molecule has 2 heterocycles. The van der Waals surface area contributed by atoms with E-state index in [1.165, 1.54) is 22.7 Å². The van der Waals surface area contributed by atoms with E-state index < -0.39 is 17.9 Å². The lowest BCUT2D eigenvalue weighted by Crippen LogP contribution is -2.34. The van der Waals surface area contributed by atoms with Crippen LogP contribution in [-0.2, 0) is 16.1 Å². The Labute approximate surface area is 169 Å². The van der Waals surface area contributed by atoms with Gasteiger partial charge < -0.3 is 15.7 Å². The van der Waals surface area contributed by atoms with Crippen LogP contribution in [0.3, 0.4) is 0 Å². The second kappa shape index (κ2) is 8.67. The molecule has 140 valence electrons. The van der Waals surface area contributed by atoms with Crippen molar-refractivity contribution >= 4 is 51.8 Å². The highest BCUT2D eigenvalue weighted by atomic mass is 35.5. The van der Waals surface area contributed by atoms with Gasteiger partial charge in [-0.1, -0.05) is 23.7 Å². The van der Waals surface area contributed by atoms with E-state index in [1.54, 1.807) is 25.1 Å². The van der Waals surface area contributed by atoms with Crippen molar-refractivity contribution in [1.82, 2.24) is 5.32 Å². The Morgan fingerprint density at radius 1 is 1.11 bits per heavy atom. The SMILES string of the molecule is Cc1c(Cl)cccc1NC(=O)C(=O)NCc1ccc(C(O)c2cccs2)s1. The average molecular weight is 421 g/mol. The first-order chi connectivity index (χ1) is 13.0. The molecule has 27 heavy (non-hydrogen) atoms. The van der Waals surface area contributed by atoms with E-state index >= 15 is 0 Å². The molecule has 0 fully saturated rings. The number of benzene rings is 1. The van der Waals surface area contributed by atoms with Gasteiger partial charge >= 0.3 is 11.8 Å². The van der Waals surface area contributed by atoms with Crippen LogP contribution in [-0.4, -0.2) is 16.9 Å². The highest BCUT2D eigenvalue weighted by Crippen LogP contribution is 2.30. The van der Waals surface area contributed by atoms with E-state index in [1.807, 2.05) is 29.6 Å². The van der Waals surface area contributed by atoms with Crippen LogP contribution in [0.5, 0.6) is 0 Å². The van der Waals surface area contributed by atoms with Crippen LogP contribution in [0.25, 0.3) is 0 Å². The molecule has 8 heteroatoms. The van der Waals surface area contributed by atoms with Crippen molar-refractivity contribution in [1.29, 1.82) is 0 Å². The highest BCUT2D eigenvalue weighted by molar-refractivity contribution is 7.12. The third-order valence-electron chi connectivity index (χ3n) is 3.91. The van der Waals surface area contributed by atoms with Gasteiger partial charge in [-0.05, 0) is 48.2 Å². The van der Waals surface area contributed by atoms with Gasteiger partial charge in [-0.25, -0.2) is 0 Å². The molecular formula is C19H17ClN2O3S2. The third-order valence-corrected chi connectivity index (χ3v) is 6.38. The van der Waals surface area contributed by atoms with Crippen molar-refractivity contribution < 1.29 is 14.7 Å². The summed E-state index contributed by atoms with van der Waals surface area (Å²) in [5, 5.41) is 17.9. The molecule has 1 atom stereocenters. The number of nitrogens with one attached hydrogen (secondary N) is 2. The minimum absolute atomic E-state index is 0.211. The van der Waals surface area contributed by atoms with E-state index in [0.717, 1.165) is 14.6 Å². The number of amides is 2. The fourth-order valence-corrected chi connectivity index (χ4v) is 4.33. The maximum atomic E-state index is 12.1. The van der Waals surface area contributed by atoms with Crippen molar-refractivity contribution in [2.75, 3.05) is 5.32 Å². The molecule has 1 unspecified atom stereocenters. The van der Waals surface area contributed by atoms with Crippen molar-refractivity contribution in [3.8, 4) is 0 Å². The molecule has 3 N–H and O–H groups in total. The molecule has 0 spiro atoms. The number of aliphatic hydroxyl groups excluding tert-OH is 1. The lowest BCUT2D eigenvalue weighted by molar-refractivity contribution is -0.136. The van der Waals surface area contributed by atoms with E-state index in [-0.39, 0.29) is 6.54 Å². The molecule has 0 saturated heterocycles. The number of carbonyl (C=O) groups is 2. The first kappa shape index (κ1) is 19.6. The standard InChI is InChI=1S/C19H17ClN2O3S2/c1-11-13(20)4-2-5-14(11)22-19(25)18(24)21-10-12-7-8-16(27-12)17(23)15-6-3-9-26-15/h2-9,17,23H,10H2,1H3,(H,21,24)(H,22,25). The van der Waals surface area contributed by atoms with Gasteiger partial charge in [0.25, 0.3) is 0 Å². The summed E-state index contributed by atoms with van der Waals surface area (Å²) in [4.78, 5) is 26.6. The fourth-order valence-electron chi connectivity index (χ4n) is 2.39. The van der Waals surface area contributed by atoms with Crippen molar-refractivity contribution in [2.24, 2.45) is 0 Å². The first-order valence-corrected chi connectivity index (χ1v) is 10.2. The molecule has 2 aromatic heterocycles. The van der Waals surface area contributed by atoms with Crippen LogP contribution in [0.2, 0.25) is 5.02 Å². The molecule has 0 aliphatic rings. The quantitative estimate of drug-likeness (QED) is 0.543. The predicted octanol–water partition coefficient (Wildman–Crippen LogP) is 4.11. The first-order valence-electron chi connectivity index (χ1n) is 8.10. The fraction of sp³-hybridized carbons (Fsp3) is 0.158. The number of hydrogen-bond acceptors (Lipinski definition) is 5. The number of carbonyl (C=O) groups excluding carboxylic acids is 2. The van der Waals surface area contributed by atoms with Gasteiger partial charge in [0, 0.05) is 25.3 Å². The lowest BCUT2D eigenvalue weighted by atomic mass is 10.2. The molecule has 3 rings (SSSR count). The second-order valence-corrected chi connectivity index (χ2v) is 8.36. The lowest BCUT2D eigenvalue weighted by Gasteiger charge is -2.09. The molecule has 0 radical (unpaired) electrons. The van der Waals surface area contributed by atoms with Gasteiger partial charge in [-0.2, -0.15) is 0 Å². The van der Waals surface area contributed by atoms with Gasteiger partial charge in [-0.3, -0.25) is 9.59 Å². The smallest absolute Gasteiger partial charge is 0.313 e. The summed E-state index contributed by atoms with van der Waals surface area (Å²) in [6, 6.07) is 12.5. The number of rotatable bonds is 5. The molecule has 0 bridgehead atoms. The molecule has 5 nitrogen and oxygen atoms in total.